The van der Waals surface area contributed by atoms with Gasteiger partial charge in [0, 0.05) is 6.61 Å². The van der Waals surface area contributed by atoms with Crippen molar-refractivity contribution in [3.8, 4) is 17.6 Å². The summed E-state index contributed by atoms with van der Waals surface area (Å²) >= 11 is 0. The number of carbonyl (C=O) groups excluding carboxylic acids is 1. The molecule has 1 aliphatic heterocycles. The van der Waals surface area contributed by atoms with E-state index in [0.29, 0.717) is 13.0 Å². The second kappa shape index (κ2) is 7.03. The summed E-state index contributed by atoms with van der Waals surface area (Å²) < 4.78 is 14.6. The van der Waals surface area contributed by atoms with Crippen LogP contribution in [0.15, 0.2) is 35.4 Å². The molecule has 0 saturated carbocycles. The molecule has 0 amide bonds. The van der Waals surface area contributed by atoms with Crippen molar-refractivity contribution in [1.82, 2.24) is 28.9 Å². The minimum Gasteiger partial charge on any atom is -0.464 e. The van der Waals surface area contributed by atoms with E-state index < -0.39 is 5.97 Å². The van der Waals surface area contributed by atoms with Gasteiger partial charge < -0.3 is 9.47 Å². The Labute approximate surface area is 175 Å². The number of methoxy groups -OCH3 is 1. The number of esters is 1. The number of hydrogen-bond acceptors (Lipinski definition) is 8. The van der Waals surface area contributed by atoms with Crippen LogP contribution in [0.25, 0.3) is 27.9 Å². The van der Waals surface area contributed by atoms with Gasteiger partial charge in [-0.3, -0.25) is 13.8 Å². The van der Waals surface area contributed by atoms with E-state index in [4.69, 9.17) is 9.47 Å². The number of fused-ring (bicyclic) bond motifs is 3. The van der Waals surface area contributed by atoms with Crippen molar-refractivity contribution in [2.24, 2.45) is 0 Å². The van der Waals surface area contributed by atoms with E-state index >= 15 is 0 Å². The SMILES string of the molecule is COC(=O)c1c(-c2ncn3c2c(=O)n(C2CCOC2C)c2ccccc23)nnn1C#N. The Kier molecular flexibility index (Phi) is 4.30. The molecule has 2 unspecified atom stereocenters. The van der Waals surface area contributed by atoms with Crippen molar-refractivity contribution >= 4 is 22.5 Å². The number of para-hydroxylation sites is 2. The zero-order chi connectivity index (χ0) is 21.7. The highest BCUT2D eigenvalue weighted by molar-refractivity contribution is 5.96. The van der Waals surface area contributed by atoms with E-state index in [9.17, 15) is 14.9 Å². The highest BCUT2D eigenvalue weighted by Crippen LogP contribution is 2.30. The summed E-state index contributed by atoms with van der Waals surface area (Å²) in [5.41, 5.74) is 1.41. The van der Waals surface area contributed by atoms with Crippen molar-refractivity contribution < 1.29 is 14.3 Å². The van der Waals surface area contributed by atoms with Gasteiger partial charge in [-0.2, -0.15) is 5.26 Å². The summed E-state index contributed by atoms with van der Waals surface area (Å²) in [4.78, 5) is 30.5. The van der Waals surface area contributed by atoms with Gasteiger partial charge in [0.2, 0.25) is 6.19 Å². The molecular weight excluding hydrogens is 402 g/mol. The van der Waals surface area contributed by atoms with Gasteiger partial charge in [0.1, 0.15) is 23.2 Å². The molecule has 1 aliphatic rings. The molecule has 0 radical (unpaired) electrons. The first-order valence-corrected chi connectivity index (χ1v) is 9.63. The molecule has 1 aromatic carbocycles. The average Bonchev–Trinajstić information content (AvgIpc) is 3.51. The Morgan fingerprint density at radius 2 is 2.06 bits per heavy atom. The van der Waals surface area contributed by atoms with Crippen LogP contribution in [0.3, 0.4) is 0 Å². The Morgan fingerprint density at radius 1 is 1.29 bits per heavy atom. The normalized spacial score (nSPS) is 18.5. The van der Waals surface area contributed by atoms with E-state index in [2.05, 4.69) is 15.3 Å². The first-order valence-electron chi connectivity index (χ1n) is 9.63. The summed E-state index contributed by atoms with van der Waals surface area (Å²) in [6.07, 6.45) is 3.81. The largest absolute Gasteiger partial charge is 0.464 e. The van der Waals surface area contributed by atoms with Gasteiger partial charge in [0.15, 0.2) is 5.69 Å². The Morgan fingerprint density at radius 3 is 2.74 bits per heavy atom. The zero-order valence-electron chi connectivity index (χ0n) is 16.7. The number of nitriles is 1. The molecule has 156 valence electrons. The summed E-state index contributed by atoms with van der Waals surface area (Å²) in [7, 11) is 1.19. The topological polar surface area (TPSA) is 129 Å². The molecule has 3 aromatic heterocycles. The van der Waals surface area contributed by atoms with Crippen molar-refractivity contribution in [2.75, 3.05) is 13.7 Å². The number of nitrogens with zero attached hydrogens (tertiary/aromatic N) is 7. The van der Waals surface area contributed by atoms with Crippen LogP contribution in [0.5, 0.6) is 0 Å². The number of carbonyl (C=O) groups is 1. The monoisotopic (exact) mass is 419 g/mol. The van der Waals surface area contributed by atoms with E-state index in [1.165, 1.54) is 13.4 Å². The van der Waals surface area contributed by atoms with Gasteiger partial charge in [0.05, 0.1) is 30.3 Å². The number of imidazole rings is 1. The van der Waals surface area contributed by atoms with Gasteiger partial charge in [0.25, 0.3) is 5.56 Å². The van der Waals surface area contributed by atoms with Crippen LogP contribution in [0.4, 0.5) is 0 Å². The van der Waals surface area contributed by atoms with Crippen molar-refractivity contribution in [3.63, 3.8) is 0 Å². The van der Waals surface area contributed by atoms with Crippen molar-refractivity contribution in [2.45, 2.75) is 25.5 Å². The Balaban J connectivity index is 1.88. The molecule has 5 rings (SSSR count). The molecule has 0 spiro atoms. The first kappa shape index (κ1) is 19.0. The lowest BCUT2D eigenvalue weighted by atomic mass is 10.1. The number of benzene rings is 1. The van der Waals surface area contributed by atoms with Crippen LogP contribution < -0.4 is 5.56 Å². The number of rotatable bonds is 3. The smallest absolute Gasteiger partial charge is 0.360 e. The molecule has 2 atom stereocenters. The maximum Gasteiger partial charge on any atom is 0.360 e. The summed E-state index contributed by atoms with van der Waals surface area (Å²) in [5, 5.41) is 16.9. The average molecular weight is 419 g/mol. The fourth-order valence-electron chi connectivity index (χ4n) is 4.18. The molecular formula is C20H17N7O4. The van der Waals surface area contributed by atoms with E-state index in [-0.39, 0.29) is 40.3 Å². The summed E-state index contributed by atoms with van der Waals surface area (Å²) in [6, 6.07) is 7.36. The van der Waals surface area contributed by atoms with Crippen molar-refractivity contribution in [3.05, 3.63) is 46.6 Å². The molecule has 11 heteroatoms. The molecule has 11 nitrogen and oxygen atoms in total. The first-order chi connectivity index (χ1) is 15.1. The van der Waals surface area contributed by atoms with Crippen LogP contribution in [0, 0.1) is 11.5 Å². The number of ether oxygens (including phenoxy) is 2. The fraction of sp³-hybridized carbons (Fsp3) is 0.300. The standard InChI is InChI=1S/C20H17N7O4/c1-11-12(7-8-31-11)27-14-6-4-3-5-13(14)25-10-22-15(17(25)19(27)28)16-18(20(29)30-2)26(9-21)24-23-16/h3-6,10-12H,7-8H2,1-2H3. The molecule has 1 fully saturated rings. The number of aromatic nitrogens is 6. The third kappa shape index (κ3) is 2.65. The molecule has 0 N–H and O–H groups in total. The molecule has 0 aliphatic carbocycles. The fourth-order valence-corrected chi connectivity index (χ4v) is 4.18. The third-order valence-electron chi connectivity index (χ3n) is 5.63. The molecule has 4 heterocycles. The van der Waals surface area contributed by atoms with Crippen LogP contribution in [-0.4, -0.2) is 54.7 Å². The molecule has 1 saturated heterocycles. The summed E-state index contributed by atoms with van der Waals surface area (Å²) in [6.45, 7) is 2.50. The van der Waals surface area contributed by atoms with Gasteiger partial charge in [-0.15, -0.1) is 9.78 Å². The quantitative estimate of drug-likeness (QED) is 0.455. The van der Waals surface area contributed by atoms with Gasteiger partial charge in [-0.05, 0) is 25.5 Å². The van der Waals surface area contributed by atoms with Gasteiger partial charge in [-0.25, -0.2) is 9.78 Å². The van der Waals surface area contributed by atoms with Crippen LogP contribution in [0.1, 0.15) is 29.9 Å². The third-order valence-corrected chi connectivity index (χ3v) is 5.63. The molecule has 31 heavy (non-hydrogen) atoms. The number of hydrogen-bond donors (Lipinski definition) is 0. The van der Waals surface area contributed by atoms with E-state index in [0.717, 1.165) is 15.7 Å². The minimum atomic E-state index is -0.804. The summed E-state index contributed by atoms with van der Waals surface area (Å²) in [5.74, 6) is -0.804. The molecule has 0 bridgehead atoms. The van der Waals surface area contributed by atoms with E-state index in [1.54, 1.807) is 15.2 Å². The maximum atomic E-state index is 13.8. The predicted octanol–water partition coefficient (Wildman–Crippen LogP) is 1.37. The zero-order valence-corrected chi connectivity index (χ0v) is 16.7. The molecule has 4 aromatic rings. The second-order valence-corrected chi connectivity index (χ2v) is 7.20. The van der Waals surface area contributed by atoms with Gasteiger partial charge in [-0.1, -0.05) is 17.3 Å². The lowest BCUT2D eigenvalue weighted by Crippen LogP contribution is -2.30. The maximum absolute atomic E-state index is 13.8. The van der Waals surface area contributed by atoms with Crippen LogP contribution in [0.2, 0.25) is 0 Å². The predicted molar refractivity (Wildman–Crippen MR) is 107 cm³/mol. The van der Waals surface area contributed by atoms with E-state index in [1.807, 2.05) is 31.2 Å². The lowest BCUT2D eigenvalue weighted by Gasteiger charge is -2.21. The van der Waals surface area contributed by atoms with Crippen molar-refractivity contribution in [1.29, 1.82) is 5.26 Å². The van der Waals surface area contributed by atoms with Crippen LogP contribution in [-0.2, 0) is 9.47 Å². The Bertz CT molecular complexity index is 1440. The van der Waals surface area contributed by atoms with Gasteiger partial charge >= 0.3 is 5.97 Å². The van der Waals surface area contributed by atoms with Crippen LogP contribution >= 0.6 is 0 Å². The highest BCUT2D eigenvalue weighted by atomic mass is 16.5. The second-order valence-electron chi connectivity index (χ2n) is 7.20. The Hall–Kier alpha value is -4.04. The minimum absolute atomic E-state index is 0.00514. The lowest BCUT2D eigenvalue weighted by molar-refractivity contribution is 0.0591. The highest BCUT2D eigenvalue weighted by Gasteiger charge is 2.31.